The number of anilines is 2. The molecular weight excluding hydrogens is 366 g/mol. The number of hydrogen-bond acceptors (Lipinski definition) is 4. The second kappa shape index (κ2) is 8.97. The molecule has 2 aromatic carbocycles. The van der Waals surface area contributed by atoms with Gasteiger partial charge in [-0.3, -0.25) is 9.80 Å². The molecule has 1 fully saturated rings. The zero-order valence-corrected chi connectivity index (χ0v) is 16.1. The van der Waals surface area contributed by atoms with Crippen LogP contribution in [0.2, 0.25) is 5.02 Å². The zero-order valence-electron chi connectivity index (χ0n) is 15.3. The second-order valence-electron chi connectivity index (χ2n) is 6.41. The van der Waals surface area contributed by atoms with Crippen molar-refractivity contribution in [2.45, 2.75) is 0 Å². The first-order valence-corrected chi connectivity index (χ1v) is 9.32. The van der Waals surface area contributed by atoms with Crippen molar-refractivity contribution in [2.75, 3.05) is 56.2 Å². The number of rotatable bonds is 6. The van der Waals surface area contributed by atoms with E-state index in [1.54, 1.807) is 19.2 Å². The first-order valence-electron chi connectivity index (χ1n) is 8.95. The number of halogens is 1. The third-order valence-electron chi connectivity index (χ3n) is 4.81. The van der Waals surface area contributed by atoms with Crippen LogP contribution in [0, 0.1) is 0 Å². The van der Waals surface area contributed by atoms with Gasteiger partial charge >= 0.3 is 6.09 Å². The van der Waals surface area contributed by atoms with E-state index in [2.05, 4.69) is 9.80 Å². The van der Waals surface area contributed by atoms with Crippen LogP contribution in [0.4, 0.5) is 16.2 Å². The molecule has 3 rings (SSSR count). The van der Waals surface area contributed by atoms with Crippen molar-refractivity contribution in [1.29, 1.82) is 0 Å². The fraction of sp³-hybridized carbons (Fsp3) is 0.350. The van der Waals surface area contributed by atoms with Crippen molar-refractivity contribution < 1.29 is 14.6 Å². The van der Waals surface area contributed by atoms with Gasteiger partial charge in [0, 0.05) is 50.0 Å². The van der Waals surface area contributed by atoms with Gasteiger partial charge in [-0.2, -0.15) is 0 Å². The molecule has 0 radical (unpaired) electrons. The molecule has 2 aromatic rings. The number of methoxy groups -OCH3 is 1. The highest BCUT2D eigenvalue weighted by Crippen LogP contribution is 2.27. The Balaban J connectivity index is 1.56. The van der Waals surface area contributed by atoms with Gasteiger partial charge in [0.25, 0.3) is 0 Å². The van der Waals surface area contributed by atoms with Gasteiger partial charge in [0.05, 0.1) is 12.8 Å². The van der Waals surface area contributed by atoms with Crippen LogP contribution in [-0.2, 0) is 0 Å². The Morgan fingerprint density at radius 2 is 1.78 bits per heavy atom. The molecule has 0 atom stereocenters. The number of piperazine rings is 1. The summed E-state index contributed by atoms with van der Waals surface area (Å²) in [4.78, 5) is 17.7. The van der Waals surface area contributed by atoms with Crippen LogP contribution < -0.4 is 14.5 Å². The van der Waals surface area contributed by atoms with E-state index in [0.29, 0.717) is 24.5 Å². The number of carbonyl (C=O) groups is 1. The van der Waals surface area contributed by atoms with E-state index in [-0.39, 0.29) is 0 Å². The van der Waals surface area contributed by atoms with Gasteiger partial charge in [0.15, 0.2) is 0 Å². The summed E-state index contributed by atoms with van der Waals surface area (Å²) in [5.74, 6) is 0.562. The fourth-order valence-corrected chi connectivity index (χ4v) is 3.42. The van der Waals surface area contributed by atoms with E-state index in [9.17, 15) is 9.90 Å². The highest BCUT2D eigenvalue weighted by atomic mass is 35.5. The smallest absolute Gasteiger partial charge is 0.411 e. The van der Waals surface area contributed by atoms with Crippen molar-refractivity contribution in [2.24, 2.45) is 0 Å². The molecule has 0 bridgehead atoms. The van der Waals surface area contributed by atoms with Crippen LogP contribution in [0.3, 0.4) is 0 Å². The lowest BCUT2D eigenvalue weighted by molar-refractivity contribution is 0.198. The topological polar surface area (TPSA) is 56.2 Å². The molecule has 0 aliphatic carbocycles. The molecule has 144 valence electrons. The Bertz CT molecular complexity index is 761. The first-order chi connectivity index (χ1) is 13.1. The summed E-state index contributed by atoms with van der Waals surface area (Å²) in [6, 6.07) is 15.1. The van der Waals surface area contributed by atoms with Crippen LogP contribution in [0.15, 0.2) is 48.5 Å². The van der Waals surface area contributed by atoms with Gasteiger partial charge in [0.1, 0.15) is 5.75 Å². The maximum atomic E-state index is 11.7. The number of hydrogen-bond donors (Lipinski definition) is 1. The molecule has 1 aliphatic heterocycles. The molecule has 1 heterocycles. The predicted octanol–water partition coefficient (Wildman–Crippen LogP) is 3.66. The quantitative estimate of drug-likeness (QED) is 0.817. The zero-order chi connectivity index (χ0) is 19.2. The van der Waals surface area contributed by atoms with Gasteiger partial charge < -0.3 is 14.7 Å². The van der Waals surface area contributed by atoms with Crippen LogP contribution in [0.5, 0.6) is 5.75 Å². The van der Waals surface area contributed by atoms with Crippen LogP contribution in [-0.4, -0.2) is 62.5 Å². The normalized spacial score (nSPS) is 14.8. The molecule has 27 heavy (non-hydrogen) atoms. The standard InChI is InChI=1S/C20H24ClN3O3/c1-27-19-5-3-2-4-18(19)24(20(25)26)15-12-22-10-13-23(14-11-22)17-8-6-16(21)7-9-17/h2-9H,10-15H2,1H3,(H,25,26). The largest absolute Gasteiger partial charge is 0.495 e. The molecule has 0 spiro atoms. The first kappa shape index (κ1) is 19.3. The molecule has 1 amide bonds. The molecule has 1 saturated heterocycles. The van der Waals surface area contributed by atoms with E-state index < -0.39 is 6.09 Å². The Labute approximate surface area is 164 Å². The summed E-state index contributed by atoms with van der Waals surface area (Å²) in [6.45, 7) is 4.67. The average Bonchev–Trinajstić information content (AvgIpc) is 2.69. The number of amides is 1. The molecule has 6 nitrogen and oxygen atoms in total. The molecule has 0 saturated carbocycles. The van der Waals surface area contributed by atoms with E-state index in [0.717, 1.165) is 31.2 Å². The van der Waals surface area contributed by atoms with E-state index in [1.807, 2.05) is 36.4 Å². The predicted molar refractivity (Wildman–Crippen MR) is 108 cm³/mol. The average molecular weight is 390 g/mol. The lowest BCUT2D eigenvalue weighted by atomic mass is 10.2. The van der Waals surface area contributed by atoms with E-state index in [4.69, 9.17) is 16.3 Å². The van der Waals surface area contributed by atoms with Gasteiger partial charge in [-0.15, -0.1) is 0 Å². The maximum absolute atomic E-state index is 11.7. The summed E-state index contributed by atoms with van der Waals surface area (Å²) in [7, 11) is 1.55. The summed E-state index contributed by atoms with van der Waals surface area (Å²) in [5.41, 5.74) is 1.74. The SMILES string of the molecule is COc1ccccc1N(CCN1CCN(c2ccc(Cl)cc2)CC1)C(=O)O. The van der Waals surface area contributed by atoms with Crippen molar-refractivity contribution in [3.8, 4) is 5.75 Å². The summed E-state index contributed by atoms with van der Waals surface area (Å²) in [5, 5.41) is 10.4. The molecule has 0 aromatic heterocycles. The van der Waals surface area contributed by atoms with E-state index in [1.165, 1.54) is 10.6 Å². The Morgan fingerprint density at radius 3 is 2.41 bits per heavy atom. The van der Waals surface area contributed by atoms with Crippen molar-refractivity contribution in [3.63, 3.8) is 0 Å². The molecule has 0 unspecified atom stereocenters. The number of benzene rings is 2. The summed E-state index contributed by atoms with van der Waals surface area (Å²) < 4.78 is 5.31. The fourth-order valence-electron chi connectivity index (χ4n) is 3.29. The second-order valence-corrected chi connectivity index (χ2v) is 6.85. The monoisotopic (exact) mass is 389 g/mol. The highest BCUT2D eigenvalue weighted by Gasteiger charge is 2.22. The minimum atomic E-state index is -0.973. The van der Waals surface area contributed by atoms with Crippen molar-refractivity contribution in [3.05, 3.63) is 53.6 Å². The third-order valence-corrected chi connectivity index (χ3v) is 5.06. The van der Waals surface area contributed by atoms with E-state index >= 15 is 0 Å². The summed E-state index contributed by atoms with van der Waals surface area (Å²) >= 11 is 5.95. The van der Waals surface area contributed by atoms with Gasteiger partial charge in [-0.25, -0.2) is 4.79 Å². The number of nitrogens with zero attached hydrogens (tertiary/aromatic N) is 3. The molecule has 7 heteroatoms. The van der Waals surface area contributed by atoms with Crippen molar-refractivity contribution >= 4 is 29.1 Å². The summed E-state index contributed by atoms with van der Waals surface area (Å²) in [6.07, 6.45) is -0.973. The number of para-hydroxylation sites is 2. The van der Waals surface area contributed by atoms with Crippen LogP contribution >= 0.6 is 11.6 Å². The minimum absolute atomic E-state index is 0.399. The number of carboxylic acid groups (broad SMARTS) is 1. The van der Waals surface area contributed by atoms with Crippen molar-refractivity contribution in [1.82, 2.24) is 4.90 Å². The molecule has 1 aliphatic rings. The van der Waals surface area contributed by atoms with Crippen LogP contribution in [0.1, 0.15) is 0 Å². The lowest BCUT2D eigenvalue weighted by Crippen LogP contribution is -2.49. The lowest BCUT2D eigenvalue weighted by Gasteiger charge is -2.36. The number of ether oxygens (including phenoxy) is 1. The minimum Gasteiger partial charge on any atom is -0.495 e. The Morgan fingerprint density at radius 1 is 1.11 bits per heavy atom. The Kier molecular flexibility index (Phi) is 6.42. The maximum Gasteiger partial charge on any atom is 0.411 e. The highest BCUT2D eigenvalue weighted by molar-refractivity contribution is 6.30. The van der Waals surface area contributed by atoms with Crippen LogP contribution in [0.25, 0.3) is 0 Å². The third kappa shape index (κ3) is 4.84. The van der Waals surface area contributed by atoms with Gasteiger partial charge in [0.2, 0.25) is 0 Å². The van der Waals surface area contributed by atoms with Gasteiger partial charge in [-0.05, 0) is 36.4 Å². The Hall–Kier alpha value is -2.44. The van der Waals surface area contributed by atoms with Gasteiger partial charge in [-0.1, -0.05) is 23.7 Å². The molecular formula is C20H24ClN3O3. The molecule has 1 N–H and O–H groups in total.